The Morgan fingerprint density at radius 3 is 1.01 bits per heavy atom. The second-order valence-corrected chi connectivity index (χ2v) is 21.1. The van der Waals surface area contributed by atoms with Crippen LogP contribution in [0.5, 0.6) is 23.0 Å². The van der Waals surface area contributed by atoms with Crippen LogP contribution in [0.15, 0.2) is 133 Å². The van der Waals surface area contributed by atoms with E-state index in [1.165, 1.54) is 46.5 Å². The second-order valence-electron chi connectivity index (χ2n) is 21.1. The SMILES string of the molecule is Cc1cc(-c2cc(F)ccc2OCCCOc2ccc(F)cc2-c2cc(C)cc(-n3c4ccc(C(C)C)cc4c4cc(C(C)C)ccc43)c2O)c(O)c(-n2c3ccc(C(C)C)cc3c3cc(C(C)C)ccc32)c1. The maximum atomic E-state index is 15.3. The summed E-state index contributed by atoms with van der Waals surface area (Å²) in [4.78, 5) is 0. The van der Waals surface area contributed by atoms with E-state index in [0.717, 1.165) is 54.7 Å². The average molecular weight is 975 g/mol. The highest BCUT2D eigenvalue weighted by atomic mass is 19.1. The Bertz CT molecular complexity index is 3390. The number of phenolic OH excluding ortho intramolecular Hbond substituents is 2. The van der Waals surface area contributed by atoms with Crippen LogP contribution >= 0.6 is 0 Å². The highest BCUT2D eigenvalue weighted by Gasteiger charge is 2.24. The number of hydrogen-bond acceptors (Lipinski definition) is 4. The largest absolute Gasteiger partial charge is 0.505 e. The van der Waals surface area contributed by atoms with Crippen LogP contribution < -0.4 is 9.47 Å². The predicted molar refractivity (Wildman–Crippen MR) is 297 cm³/mol. The number of aryl methyl sites for hydroxylation is 2. The molecule has 0 spiro atoms. The molecule has 0 atom stereocenters. The summed E-state index contributed by atoms with van der Waals surface area (Å²) in [6.45, 7) is 21.9. The average Bonchev–Trinajstić information content (AvgIpc) is 3.86. The molecule has 2 heterocycles. The Hall–Kier alpha value is -7.58. The van der Waals surface area contributed by atoms with Gasteiger partial charge in [0.2, 0.25) is 0 Å². The Kier molecular flexibility index (Phi) is 13.1. The van der Waals surface area contributed by atoms with Crippen LogP contribution in [-0.2, 0) is 0 Å². The lowest BCUT2D eigenvalue weighted by Crippen LogP contribution is -2.07. The van der Waals surface area contributed by atoms with E-state index >= 15 is 8.78 Å². The molecule has 0 fully saturated rings. The number of aromatic nitrogens is 2. The number of rotatable bonds is 14. The fourth-order valence-electron chi connectivity index (χ4n) is 10.4. The van der Waals surface area contributed by atoms with Gasteiger partial charge in [-0.3, -0.25) is 0 Å². The van der Waals surface area contributed by atoms with Gasteiger partial charge in [-0.25, -0.2) is 8.78 Å². The first-order valence-electron chi connectivity index (χ1n) is 25.7. The number of halogens is 2. The summed E-state index contributed by atoms with van der Waals surface area (Å²) < 4.78 is 47.5. The van der Waals surface area contributed by atoms with Crippen LogP contribution in [-0.4, -0.2) is 32.6 Å². The quantitative estimate of drug-likeness (QED) is 0.107. The van der Waals surface area contributed by atoms with Gasteiger partial charge in [-0.1, -0.05) is 79.7 Å². The Morgan fingerprint density at radius 1 is 0.397 bits per heavy atom. The minimum absolute atomic E-state index is 0.00846. The van der Waals surface area contributed by atoms with E-state index in [-0.39, 0.29) is 24.7 Å². The van der Waals surface area contributed by atoms with Gasteiger partial charge in [0.15, 0.2) is 0 Å². The zero-order valence-electron chi connectivity index (χ0n) is 43.5. The molecule has 6 nitrogen and oxygen atoms in total. The van der Waals surface area contributed by atoms with Crippen molar-refractivity contribution in [2.45, 2.75) is 99.3 Å². The van der Waals surface area contributed by atoms with Crippen LogP contribution in [0, 0.1) is 25.5 Å². The topological polar surface area (TPSA) is 68.8 Å². The number of ether oxygens (including phenoxy) is 2. The molecule has 0 bridgehead atoms. The summed E-state index contributed by atoms with van der Waals surface area (Å²) in [6.07, 6.45) is 0.417. The van der Waals surface area contributed by atoms with Crippen molar-refractivity contribution in [3.8, 4) is 56.6 Å². The van der Waals surface area contributed by atoms with Gasteiger partial charge in [0.05, 0.1) is 46.7 Å². The van der Waals surface area contributed by atoms with E-state index in [1.807, 2.05) is 38.1 Å². The normalized spacial score (nSPS) is 12.1. The third-order valence-electron chi connectivity index (χ3n) is 14.5. The fourth-order valence-corrected chi connectivity index (χ4v) is 10.4. The molecule has 8 heteroatoms. The molecule has 0 aliphatic heterocycles. The number of fused-ring (bicyclic) bond motifs is 6. The summed E-state index contributed by atoms with van der Waals surface area (Å²) >= 11 is 0. The van der Waals surface area contributed by atoms with E-state index in [0.29, 0.717) is 75.2 Å². The van der Waals surface area contributed by atoms with Gasteiger partial charge in [0, 0.05) is 50.2 Å². The van der Waals surface area contributed by atoms with Gasteiger partial charge in [0.25, 0.3) is 0 Å². The molecule has 0 saturated carbocycles. The fraction of sp³-hybridized carbons (Fsp3) is 0.262. The van der Waals surface area contributed by atoms with Crippen molar-refractivity contribution in [3.63, 3.8) is 0 Å². The molecular formula is C65H64F2N2O4. The molecule has 10 aromatic rings. The van der Waals surface area contributed by atoms with Crippen molar-refractivity contribution >= 4 is 43.6 Å². The maximum absolute atomic E-state index is 15.3. The second kappa shape index (κ2) is 19.4. The number of aromatic hydroxyl groups is 2. The van der Waals surface area contributed by atoms with Crippen LogP contribution in [0.1, 0.15) is 119 Å². The van der Waals surface area contributed by atoms with Gasteiger partial charge < -0.3 is 28.8 Å². The maximum Gasteiger partial charge on any atom is 0.147 e. The van der Waals surface area contributed by atoms with E-state index in [9.17, 15) is 10.2 Å². The molecule has 8 aromatic carbocycles. The molecule has 2 aromatic heterocycles. The Morgan fingerprint density at radius 2 is 0.712 bits per heavy atom. The van der Waals surface area contributed by atoms with Gasteiger partial charge in [-0.2, -0.15) is 0 Å². The lowest BCUT2D eigenvalue weighted by atomic mass is 9.98. The number of nitrogens with zero attached hydrogens (tertiary/aromatic N) is 2. The van der Waals surface area contributed by atoms with Crippen LogP contribution in [0.25, 0.3) is 77.2 Å². The molecular weight excluding hydrogens is 911 g/mol. The smallest absolute Gasteiger partial charge is 0.147 e. The standard InChI is InChI=1S/C65H64F2N2O4/c1-36(2)42-12-18-56-48(30-42)49-31-43(37(3)4)13-19-57(49)68(56)60-28-40(9)26-54(64(60)70)52-34-46(66)16-22-62(52)72-24-11-25-73-63-23-17-47(67)35-53(63)55-27-41(10)29-61(65(55)71)69-58-20-14-44(38(5)6)32-50(58)51-33-45(39(7)8)15-21-59(51)69/h12-23,26-39,70-71H,11,24-25H2,1-10H3. The molecule has 0 unspecified atom stereocenters. The first kappa shape index (κ1) is 49.0. The molecule has 372 valence electrons. The van der Waals surface area contributed by atoms with Gasteiger partial charge in [-0.05, 0) is 180 Å². The Labute approximate surface area is 427 Å². The summed E-state index contributed by atoms with van der Waals surface area (Å²) in [5.74, 6) is 1.27. The number of hydrogen-bond donors (Lipinski definition) is 2. The van der Waals surface area contributed by atoms with E-state index in [4.69, 9.17) is 9.47 Å². The molecule has 0 amide bonds. The first-order valence-corrected chi connectivity index (χ1v) is 25.7. The highest BCUT2D eigenvalue weighted by molar-refractivity contribution is 6.11. The molecule has 0 radical (unpaired) electrons. The predicted octanol–water partition coefficient (Wildman–Crippen LogP) is 17.9. The van der Waals surface area contributed by atoms with Crippen LogP contribution in [0.2, 0.25) is 0 Å². The van der Waals surface area contributed by atoms with Crippen molar-refractivity contribution < 1.29 is 28.5 Å². The van der Waals surface area contributed by atoms with Crippen LogP contribution in [0.4, 0.5) is 8.78 Å². The van der Waals surface area contributed by atoms with Crippen LogP contribution in [0.3, 0.4) is 0 Å². The van der Waals surface area contributed by atoms with Gasteiger partial charge in [-0.15, -0.1) is 0 Å². The molecule has 73 heavy (non-hydrogen) atoms. The lowest BCUT2D eigenvalue weighted by molar-refractivity contribution is 0.248. The molecule has 2 N–H and O–H groups in total. The van der Waals surface area contributed by atoms with Crippen molar-refractivity contribution in [2.75, 3.05) is 13.2 Å². The summed E-state index contributed by atoms with van der Waals surface area (Å²) in [5, 5.41) is 29.1. The van der Waals surface area contributed by atoms with Crippen molar-refractivity contribution in [1.82, 2.24) is 9.13 Å². The molecule has 0 aliphatic carbocycles. The van der Waals surface area contributed by atoms with Gasteiger partial charge in [0.1, 0.15) is 34.6 Å². The summed E-state index contributed by atoms with van der Waals surface area (Å²) in [6, 6.07) is 42.5. The van der Waals surface area contributed by atoms with E-state index < -0.39 is 11.6 Å². The minimum Gasteiger partial charge on any atom is -0.505 e. The van der Waals surface area contributed by atoms with Crippen molar-refractivity contribution in [1.29, 1.82) is 0 Å². The van der Waals surface area contributed by atoms with Gasteiger partial charge >= 0.3 is 0 Å². The monoisotopic (exact) mass is 974 g/mol. The minimum atomic E-state index is -0.461. The lowest BCUT2D eigenvalue weighted by Gasteiger charge is -2.18. The molecule has 10 rings (SSSR count). The first-order chi connectivity index (χ1) is 35.0. The van der Waals surface area contributed by atoms with E-state index in [1.54, 1.807) is 12.1 Å². The number of phenols is 2. The third-order valence-corrected chi connectivity index (χ3v) is 14.5. The third kappa shape index (κ3) is 9.06. The summed E-state index contributed by atoms with van der Waals surface area (Å²) in [5.41, 5.74) is 13.5. The van der Waals surface area contributed by atoms with E-state index in [2.05, 4.69) is 137 Å². The molecule has 0 saturated heterocycles. The van der Waals surface area contributed by atoms with Crippen molar-refractivity contribution in [3.05, 3.63) is 178 Å². The molecule has 0 aliphatic rings. The Balaban J connectivity index is 0.940. The zero-order chi connectivity index (χ0) is 51.6. The zero-order valence-corrected chi connectivity index (χ0v) is 43.5. The highest BCUT2D eigenvalue weighted by Crippen LogP contribution is 2.46. The summed E-state index contributed by atoms with van der Waals surface area (Å²) in [7, 11) is 0. The number of benzene rings is 8. The van der Waals surface area contributed by atoms with Crippen molar-refractivity contribution in [2.24, 2.45) is 0 Å².